The van der Waals surface area contributed by atoms with Gasteiger partial charge >= 0.3 is 0 Å². The Morgan fingerprint density at radius 1 is 0.963 bits per heavy atom. The number of ether oxygens (including phenoxy) is 4. The number of benzene rings is 2. The van der Waals surface area contributed by atoms with Crippen molar-refractivity contribution < 1.29 is 18.9 Å². The number of methoxy groups -OCH3 is 3. The van der Waals surface area contributed by atoms with Crippen LogP contribution in [0.25, 0.3) is 10.8 Å². The molecule has 3 rings (SSSR count). The van der Waals surface area contributed by atoms with Gasteiger partial charge in [0, 0.05) is 36.5 Å². The van der Waals surface area contributed by atoms with E-state index in [1.165, 1.54) is 0 Å². The van der Waals surface area contributed by atoms with E-state index >= 15 is 0 Å². The Labute approximate surface area is 172 Å². The number of aromatic nitrogens is 1. The van der Waals surface area contributed by atoms with E-state index in [1.807, 2.05) is 43.6 Å². The topological polar surface area (TPSA) is 49.8 Å². The SMILES string of the molecule is CCOc1ccc2c(C(OC)c3cc(OC)cc(OC)c3)cncc2c1I. The van der Waals surface area contributed by atoms with Gasteiger partial charge in [0.05, 0.1) is 24.4 Å². The van der Waals surface area contributed by atoms with Crippen molar-refractivity contribution in [1.82, 2.24) is 4.98 Å². The zero-order chi connectivity index (χ0) is 19.4. The highest BCUT2D eigenvalue weighted by Gasteiger charge is 2.20. The van der Waals surface area contributed by atoms with Crippen LogP contribution in [-0.4, -0.2) is 32.9 Å². The highest BCUT2D eigenvalue weighted by molar-refractivity contribution is 14.1. The molecular formula is C21H22INO4. The molecule has 27 heavy (non-hydrogen) atoms. The first-order valence-electron chi connectivity index (χ1n) is 8.57. The summed E-state index contributed by atoms with van der Waals surface area (Å²) in [7, 11) is 4.96. The number of nitrogens with zero attached hydrogens (tertiary/aromatic N) is 1. The highest BCUT2D eigenvalue weighted by Crippen LogP contribution is 2.37. The summed E-state index contributed by atoms with van der Waals surface area (Å²) < 4.78 is 23.4. The molecule has 3 aromatic rings. The lowest BCUT2D eigenvalue weighted by atomic mass is 9.97. The summed E-state index contributed by atoms with van der Waals surface area (Å²) >= 11 is 2.31. The zero-order valence-corrected chi connectivity index (χ0v) is 17.9. The second-order valence-corrected chi connectivity index (χ2v) is 6.98. The van der Waals surface area contributed by atoms with E-state index in [2.05, 4.69) is 33.6 Å². The molecule has 0 aliphatic rings. The van der Waals surface area contributed by atoms with Crippen molar-refractivity contribution in [2.75, 3.05) is 27.9 Å². The van der Waals surface area contributed by atoms with E-state index in [0.29, 0.717) is 18.1 Å². The fourth-order valence-corrected chi connectivity index (χ4v) is 3.88. The Kier molecular flexibility index (Phi) is 6.38. The van der Waals surface area contributed by atoms with Crippen LogP contribution in [0.1, 0.15) is 24.2 Å². The zero-order valence-electron chi connectivity index (χ0n) is 15.8. The normalized spacial score (nSPS) is 12.0. The van der Waals surface area contributed by atoms with Crippen LogP contribution in [0.4, 0.5) is 0 Å². The lowest BCUT2D eigenvalue weighted by Gasteiger charge is -2.20. The standard InChI is InChI=1S/C21H22INO4/c1-5-27-19-7-6-16-17(20(19)22)11-23-12-18(16)21(26-4)13-8-14(24-2)10-15(9-13)25-3/h6-12,21H,5H2,1-4H3. The van der Waals surface area contributed by atoms with Gasteiger partial charge in [-0.15, -0.1) is 0 Å². The van der Waals surface area contributed by atoms with Gasteiger partial charge < -0.3 is 18.9 Å². The molecule has 1 atom stereocenters. The first-order valence-corrected chi connectivity index (χ1v) is 9.65. The van der Waals surface area contributed by atoms with Crippen molar-refractivity contribution in [2.45, 2.75) is 13.0 Å². The minimum atomic E-state index is -0.307. The average Bonchev–Trinajstić information content (AvgIpc) is 2.70. The number of rotatable bonds is 7. The van der Waals surface area contributed by atoms with Crippen molar-refractivity contribution >= 4 is 33.4 Å². The van der Waals surface area contributed by atoms with E-state index < -0.39 is 0 Å². The fourth-order valence-electron chi connectivity index (χ4n) is 3.11. The van der Waals surface area contributed by atoms with E-state index in [0.717, 1.165) is 31.2 Å². The molecule has 5 nitrogen and oxygen atoms in total. The monoisotopic (exact) mass is 479 g/mol. The summed E-state index contributed by atoms with van der Waals surface area (Å²) in [6.45, 7) is 2.60. The van der Waals surface area contributed by atoms with Gasteiger partial charge in [-0.3, -0.25) is 4.98 Å². The van der Waals surface area contributed by atoms with Crippen LogP contribution in [0.5, 0.6) is 17.2 Å². The first kappa shape index (κ1) is 19.7. The molecule has 6 heteroatoms. The molecule has 0 amide bonds. The van der Waals surface area contributed by atoms with Crippen molar-refractivity contribution in [2.24, 2.45) is 0 Å². The van der Waals surface area contributed by atoms with Crippen LogP contribution in [0.2, 0.25) is 0 Å². The van der Waals surface area contributed by atoms with Crippen LogP contribution in [-0.2, 0) is 4.74 Å². The summed E-state index contributed by atoms with van der Waals surface area (Å²) in [6, 6.07) is 9.80. The van der Waals surface area contributed by atoms with E-state index in [1.54, 1.807) is 21.3 Å². The molecule has 0 aliphatic carbocycles. The largest absolute Gasteiger partial charge is 0.497 e. The van der Waals surface area contributed by atoms with Crippen LogP contribution < -0.4 is 14.2 Å². The Morgan fingerprint density at radius 3 is 2.26 bits per heavy atom. The molecular weight excluding hydrogens is 457 g/mol. The Morgan fingerprint density at radius 2 is 1.67 bits per heavy atom. The van der Waals surface area contributed by atoms with Crippen LogP contribution in [0.15, 0.2) is 42.7 Å². The maximum Gasteiger partial charge on any atom is 0.133 e. The van der Waals surface area contributed by atoms with Crippen molar-refractivity contribution in [3.05, 3.63) is 57.4 Å². The Balaban J connectivity index is 2.16. The molecule has 0 fully saturated rings. The Hall–Kier alpha value is -2.06. The number of fused-ring (bicyclic) bond motifs is 1. The van der Waals surface area contributed by atoms with E-state index in [-0.39, 0.29) is 6.10 Å². The molecule has 0 bridgehead atoms. The quantitative estimate of drug-likeness (QED) is 0.447. The highest BCUT2D eigenvalue weighted by atomic mass is 127. The predicted molar refractivity (Wildman–Crippen MR) is 114 cm³/mol. The third-order valence-electron chi connectivity index (χ3n) is 4.37. The van der Waals surface area contributed by atoms with E-state index in [9.17, 15) is 0 Å². The van der Waals surface area contributed by atoms with Gasteiger partial charge in [-0.1, -0.05) is 6.07 Å². The summed E-state index contributed by atoms with van der Waals surface area (Å²) in [5.74, 6) is 2.29. The summed E-state index contributed by atoms with van der Waals surface area (Å²) in [4.78, 5) is 4.45. The van der Waals surface area contributed by atoms with Crippen molar-refractivity contribution in [1.29, 1.82) is 0 Å². The smallest absolute Gasteiger partial charge is 0.133 e. The van der Waals surface area contributed by atoms with Crippen LogP contribution in [0, 0.1) is 3.57 Å². The third-order valence-corrected chi connectivity index (χ3v) is 5.48. The molecule has 142 valence electrons. The minimum Gasteiger partial charge on any atom is -0.497 e. The lowest BCUT2D eigenvalue weighted by Crippen LogP contribution is -2.06. The lowest BCUT2D eigenvalue weighted by molar-refractivity contribution is 0.137. The second-order valence-electron chi connectivity index (χ2n) is 5.90. The molecule has 0 spiro atoms. The molecule has 1 heterocycles. The molecule has 1 unspecified atom stereocenters. The summed E-state index contributed by atoms with van der Waals surface area (Å²) in [6.07, 6.45) is 3.40. The van der Waals surface area contributed by atoms with Crippen molar-refractivity contribution in [3.63, 3.8) is 0 Å². The van der Waals surface area contributed by atoms with Gasteiger partial charge in [-0.2, -0.15) is 0 Å². The third kappa shape index (κ3) is 3.96. The van der Waals surface area contributed by atoms with Crippen LogP contribution in [0.3, 0.4) is 0 Å². The molecule has 0 aliphatic heterocycles. The molecule has 0 saturated heterocycles. The second kappa shape index (κ2) is 8.75. The van der Waals surface area contributed by atoms with Gasteiger partial charge in [0.25, 0.3) is 0 Å². The average molecular weight is 479 g/mol. The molecule has 0 N–H and O–H groups in total. The molecule has 0 saturated carbocycles. The maximum absolute atomic E-state index is 5.86. The fraction of sp³-hybridized carbons (Fsp3) is 0.286. The Bertz CT molecular complexity index is 923. The van der Waals surface area contributed by atoms with E-state index in [4.69, 9.17) is 18.9 Å². The number of pyridine rings is 1. The minimum absolute atomic E-state index is 0.307. The first-order chi connectivity index (χ1) is 13.1. The maximum atomic E-state index is 5.86. The number of halogens is 1. The molecule has 1 aromatic heterocycles. The van der Waals surface area contributed by atoms with Gasteiger partial charge in [-0.25, -0.2) is 0 Å². The predicted octanol–water partition coefficient (Wildman–Crippen LogP) is 4.99. The molecule has 2 aromatic carbocycles. The van der Waals surface area contributed by atoms with Gasteiger partial charge in [0.2, 0.25) is 0 Å². The van der Waals surface area contributed by atoms with Crippen molar-refractivity contribution in [3.8, 4) is 17.2 Å². The number of hydrogen-bond donors (Lipinski definition) is 0. The molecule has 0 radical (unpaired) electrons. The van der Waals surface area contributed by atoms with Gasteiger partial charge in [-0.05, 0) is 58.7 Å². The van der Waals surface area contributed by atoms with Gasteiger partial charge in [0.15, 0.2) is 0 Å². The summed E-state index contributed by atoms with van der Waals surface area (Å²) in [5.41, 5.74) is 1.91. The number of hydrogen-bond acceptors (Lipinski definition) is 5. The van der Waals surface area contributed by atoms with Crippen LogP contribution >= 0.6 is 22.6 Å². The van der Waals surface area contributed by atoms with Gasteiger partial charge in [0.1, 0.15) is 23.4 Å². The summed E-state index contributed by atoms with van der Waals surface area (Å²) in [5, 5.41) is 2.11.